The Hall–Kier alpha value is -0.0831. The molecule has 0 amide bonds. The van der Waals surface area contributed by atoms with Gasteiger partial charge in [-0.1, -0.05) is 18.6 Å². The summed E-state index contributed by atoms with van der Waals surface area (Å²) >= 11 is 0. The van der Waals surface area contributed by atoms with Crippen molar-refractivity contribution >= 4 is 8.32 Å². The molecule has 2 unspecified atom stereocenters. The Bertz CT molecular complexity index is 227. The van der Waals surface area contributed by atoms with E-state index in [9.17, 15) is 0 Å². The van der Waals surface area contributed by atoms with Crippen LogP contribution in [-0.2, 0) is 4.43 Å². The van der Waals surface area contributed by atoms with Crippen LogP contribution in [0.2, 0.25) is 19.6 Å². The standard InChI is InChI=1S/C13H26OSi/c1-11-7-6-8-12(2)10-13(9-11)14-15(3,4)5/h7,12-13H,6,8-10H2,1-5H3. The van der Waals surface area contributed by atoms with E-state index in [1.807, 2.05) is 0 Å². The molecule has 1 rings (SSSR count). The maximum Gasteiger partial charge on any atom is 0.184 e. The Kier molecular flexibility index (Phi) is 4.59. The highest BCUT2D eigenvalue weighted by Crippen LogP contribution is 2.26. The summed E-state index contributed by atoms with van der Waals surface area (Å²) in [5.41, 5.74) is 1.52. The van der Waals surface area contributed by atoms with Crippen molar-refractivity contribution in [2.24, 2.45) is 5.92 Å². The molecule has 0 bridgehead atoms. The molecular formula is C13H26OSi. The second-order valence-corrected chi connectivity index (χ2v) is 10.5. The van der Waals surface area contributed by atoms with Gasteiger partial charge in [-0.15, -0.1) is 0 Å². The van der Waals surface area contributed by atoms with E-state index in [-0.39, 0.29) is 0 Å². The third-order valence-corrected chi connectivity index (χ3v) is 3.93. The lowest BCUT2D eigenvalue weighted by molar-refractivity contribution is 0.159. The number of hydrogen-bond donors (Lipinski definition) is 0. The van der Waals surface area contributed by atoms with Gasteiger partial charge in [-0.3, -0.25) is 0 Å². The first-order valence-electron chi connectivity index (χ1n) is 6.20. The van der Waals surface area contributed by atoms with Crippen molar-refractivity contribution in [1.29, 1.82) is 0 Å². The molecule has 0 aromatic carbocycles. The zero-order valence-electron chi connectivity index (χ0n) is 11.0. The highest BCUT2D eigenvalue weighted by Gasteiger charge is 2.23. The molecule has 15 heavy (non-hydrogen) atoms. The van der Waals surface area contributed by atoms with E-state index in [0.717, 1.165) is 12.3 Å². The topological polar surface area (TPSA) is 9.23 Å². The van der Waals surface area contributed by atoms with Gasteiger partial charge in [-0.25, -0.2) is 0 Å². The average Bonchev–Trinajstić information content (AvgIpc) is 1.97. The molecule has 0 aliphatic heterocycles. The van der Waals surface area contributed by atoms with Gasteiger partial charge in [0.05, 0.1) is 0 Å². The van der Waals surface area contributed by atoms with Gasteiger partial charge < -0.3 is 4.43 Å². The molecule has 0 aromatic heterocycles. The van der Waals surface area contributed by atoms with Crippen LogP contribution in [-0.4, -0.2) is 14.4 Å². The quantitative estimate of drug-likeness (QED) is 0.502. The van der Waals surface area contributed by atoms with Gasteiger partial charge in [-0.05, 0) is 58.2 Å². The van der Waals surface area contributed by atoms with Gasteiger partial charge in [0, 0.05) is 6.10 Å². The molecule has 0 spiro atoms. The van der Waals surface area contributed by atoms with Crippen LogP contribution in [0, 0.1) is 5.92 Å². The minimum atomic E-state index is -1.37. The van der Waals surface area contributed by atoms with E-state index in [1.165, 1.54) is 24.8 Å². The third kappa shape index (κ3) is 5.52. The molecule has 1 aliphatic rings. The summed E-state index contributed by atoms with van der Waals surface area (Å²) in [5, 5.41) is 0. The molecule has 0 N–H and O–H groups in total. The summed E-state index contributed by atoms with van der Waals surface area (Å²) in [6.07, 6.45) is 7.85. The van der Waals surface area contributed by atoms with Gasteiger partial charge in [0.25, 0.3) is 0 Å². The fourth-order valence-electron chi connectivity index (χ4n) is 2.30. The van der Waals surface area contributed by atoms with Crippen molar-refractivity contribution in [3.05, 3.63) is 11.6 Å². The SMILES string of the molecule is CC1=CCCC(C)CC(O[Si](C)(C)C)C1. The molecule has 2 heteroatoms. The normalized spacial score (nSPS) is 29.3. The number of hydrogen-bond acceptors (Lipinski definition) is 1. The zero-order valence-corrected chi connectivity index (χ0v) is 12.0. The first-order valence-corrected chi connectivity index (χ1v) is 9.61. The second-order valence-electron chi connectivity index (χ2n) is 6.03. The van der Waals surface area contributed by atoms with Crippen LogP contribution in [0.3, 0.4) is 0 Å². The lowest BCUT2D eigenvalue weighted by atomic mass is 9.91. The van der Waals surface area contributed by atoms with Gasteiger partial charge in [0.15, 0.2) is 8.32 Å². The summed E-state index contributed by atoms with van der Waals surface area (Å²) < 4.78 is 6.25. The zero-order chi connectivity index (χ0) is 11.5. The Morgan fingerprint density at radius 3 is 2.60 bits per heavy atom. The van der Waals surface area contributed by atoms with Crippen LogP contribution in [0.15, 0.2) is 11.6 Å². The predicted molar refractivity (Wildman–Crippen MR) is 69.6 cm³/mol. The number of rotatable bonds is 2. The smallest absolute Gasteiger partial charge is 0.184 e. The number of allylic oxidation sites excluding steroid dienone is 1. The van der Waals surface area contributed by atoms with Crippen LogP contribution in [0.25, 0.3) is 0 Å². The Morgan fingerprint density at radius 1 is 1.33 bits per heavy atom. The van der Waals surface area contributed by atoms with Crippen molar-refractivity contribution in [1.82, 2.24) is 0 Å². The lowest BCUT2D eigenvalue weighted by Gasteiger charge is -2.30. The fourth-order valence-corrected chi connectivity index (χ4v) is 3.48. The van der Waals surface area contributed by atoms with Crippen LogP contribution < -0.4 is 0 Å². The van der Waals surface area contributed by atoms with Crippen molar-refractivity contribution in [2.75, 3.05) is 0 Å². The van der Waals surface area contributed by atoms with Crippen LogP contribution in [0.4, 0.5) is 0 Å². The van der Waals surface area contributed by atoms with Crippen LogP contribution in [0.1, 0.15) is 39.5 Å². The molecule has 0 aromatic rings. The largest absolute Gasteiger partial charge is 0.414 e. The van der Waals surface area contributed by atoms with E-state index >= 15 is 0 Å². The molecule has 0 fully saturated rings. The maximum absolute atomic E-state index is 6.25. The molecule has 0 heterocycles. The molecule has 0 radical (unpaired) electrons. The van der Waals surface area contributed by atoms with Gasteiger partial charge in [0.1, 0.15) is 0 Å². The van der Waals surface area contributed by atoms with Crippen LogP contribution in [0.5, 0.6) is 0 Å². The molecule has 2 atom stereocenters. The Morgan fingerprint density at radius 2 is 2.00 bits per heavy atom. The van der Waals surface area contributed by atoms with Crippen LogP contribution >= 0.6 is 0 Å². The highest BCUT2D eigenvalue weighted by atomic mass is 28.4. The molecule has 1 nitrogen and oxygen atoms in total. The minimum Gasteiger partial charge on any atom is -0.414 e. The second kappa shape index (κ2) is 5.31. The van der Waals surface area contributed by atoms with Gasteiger partial charge >= 0.3 is 0 Å². The predicted octanol–water partition coefficient (Wildman–Crippen LogP) is 4.36. The first kappa shape index (κ1) is 13.0. The van der Waals surface area contributed by atoms with Crippen molar-refractivity contribution in [2.45, 2.75) is 65.3 Å². The van der Waals surface area contributed by atoms with E-state index in [2.05, 4.69) is 39.6 Å². The summed E-state index contributed by atoms with van der Waals surface area (Å²) in [7, 11) is -1.37. The van der Waals surface area contributed by atoms with Crippen molar-refractivity contribution in [3.8, 4) is 0 Å². The Labute approximate surface area is 96.0 Å². The summed E-state index contributed by atoms with van der Waals surface area (Å²) in [5.74, 6) is 0.815. The summed E-state index contributed by atoms with van der Waals surface area (Å²) in [6, 6.07) is 0. The Balaban J connectivity index is 2.60. The average molecular weight is 226 g/mol. The van der Waals surface area contributed by atoms with Crippen molar-refractivity contribution in [3.63, 3.8) is 0 Å². The van der Waals surface area contributed by atoms with E-state index in [0.29, 0.717) is 6.10 Å². The highest BCUT2D eigenvalue weighted by molar-refractivity contribution is 6.69. The molecule has 0 saturated heterocycles. The van der Waals surface area contributed by atoms with E-state index in [1.54, 1.807) is 0 Å². The maximum atomic E-state index is 6.25. The molecular weight excluding hydrogens is 200 g/mol. The third-order valence-electron chi connectivity index (χ3n) is 2.89. The van der Waals surface area contributed by atoms with E-state index in [4.69, 9.17) is 4.43 Å². The molecule has 88 valence electrons. The summed E-state index contributed by atoms with van der Waals surface area (Å²) in [6.45, 7) is 11.5. The lowest BCUT2D eigenvalue weighted by Crippen LogP contribution is -2.33. The molecule has 0 saturated carbocycles. The fraction of sp³-hybridized carbons (Fsp3) is 0.846. The molecule has 1 aliphatic carbocycles. The van der Waals surface area contributed by atoms with Gasteiger partial charge in [-0.2, -0.15) is 0 Å². The monoisotopic (exact) mass is 226 g/mol. The van der Waals surface area contributed by atoms with Crippen molar-refractivity contribution < 1.29 is 4.43 Å². The van der Waals surface area contributed by atoms with E-state index < -0.39 is 8.32 Å². The van der Waals surface area contributed by atoms with Gasteiger partial charge in [0.2, 0.25) is 0 Å². The summed E-state index contributed by atoms with van der Waals surface area (Å²) in [4.78, 5) is 0. The minimum absolute atomic E-state index is 0.475. The first-order chi connectivity index (χ1) is 6.87.